The summed E-state index contributed by atoms with van der Waals surface area (Å²) in [6, 6.07) is 4.77. The molecule has 26 heavy (non-hydrogen) atoms. The maximum Gasteiger partial charge on any atom is 0.262 e. The molecule has 2 N–H and O–H groups in total. The van der Waals surface area contributed by atoms with Crippen LogP contribution in [0.3, 0.4) is 0 Å². The molecule has 1 aliphatic heterocycles. The van der Waals surface area contributed by atoms with Crippen molar-refractivity contribution in [1.29, 1.82) is 0 Å². The molecular formula is C17H19BrClN3O4. The van der Waals surface area contributed by atoms with Crippen LogP contribution in [0.5, 0.6) is 0 Å². The van der Waals surface area contributed by atoms with Gasteiger partial charge < -0.3 is 10.6 Å². The molecule has 0 bridgehead atoms. The summed E-state index contributed by atoms with van der Waals surface area (Å²) in [6.07, 6.45) is 0. The highest BCUT2D eigenvalue weighted by atomic mass is 79.9. The van der Waals surface area contributed by atoms with Crippen LogP contribution in [0.15, 0.2) is 22.7 Å². The first kappa shape index (κ1) is 20.4. The van der Waals surface area contributed by atoms with Crippen LogP contribution in [0.4, 0.5) is 0 Å². The van der Waals surface area contributed by atoms with Crippen molar-refractivity contribution in [3.05, 3.63) is 33.8 Å². The van der Waals surface area contributed by atoms with Crippen molar-refractivity contribution in [3.63, 3.8) is 0 Å². The van der Waals surface area contributed by atoms with Crippen molar-refractivity contribution in [2.45, 2.75) is 13.8 Å². The van der Waals surface area contributed by atoms with E-state index in [1.807, 2.05) is 0 Å². The standard InChI is InChI=1S/C17H19BrClN3O4/c1-17(2,9-19)16(26)21-6-5-20-13(23)8-22-14(24)11-4-3-10(18)7-12(11)15(22)25/h3-4,7H,5-6,8-9H2,1-2H3,(H,20,23)(H,21,26). The Hall–Kier alpha value is -1.93. The molecule has 0 saturated heterocycles. The van der Waals surface area contributed by atoms with Gasteiger partial charge >= 0.3 is 0 Å². The van der Waals surface area contributed by atoms with Gasteiger partial charge in [0, 0.05) is 23.4 Å². The van der Waals surface area contributed by atoms with E-state index in [0.29, 0.717) is 4.47 Å². The van der Waals surface area contributed by atoms with E-state index in [0.717, 1.165) is 4.90 Å². The summed E-state index contributed by atoms with van der Waals surface area (Å²) in [6.45, 7) is 3.46. The van der Waals surface area contributed by atoms with Crippen molar-refractivity contribution in [2.24, 2.45) is 5.41 Å². The molecule has 140 valence electrons. The van der Waals surface area contributed by atoms with Crippen LogP contribution in [0.2, 0.25) is 0 Å². The van der Waals surface area contributed by atoms with Gasteiger partial charge in [0.2, 0.25) is 11.8 Å². The van der Waals surface area contributed by atoms with Crippen molar-refractivity contribution in [2.75, 3.05) is 25.5 Å². The van der Waals surface area contributed by atoms with Gasteiger partial charge in [0.15, 0.2) is 0 Å². The molecule has 0 saturated carbocycles. The molecule has 1 aromatic rings. The average molecular weight is 445 g/mol. The number of imide groups is 1. The summed E-state index contributed by atoms with van der Waals surface area (Å²) in [5.41, 5.74) is -0.144. The lowest BCUT2D eigenvalue weighted by atomic mass is 9.95. The summed E-state index contributed by atoms with van der Waals surface area (Å²) in [7, 11) is 0. The zero-order valence-corrected chi connectivity index (χ0v) is 16.7. The molecule has 9 heteroatoms. The maximum absolute atomic E-state index is 12.3. The summed E-state index contributed by atoms with van der Waals surface area (Å²) in [5.74, 6) is -1.51. The number of halogens is 2. The van der Waals surface area contributed by atoms with Gasteiger partial charge in [-0.2, -0.15) is 0 Å². The van der Waals surface area contributed by atoms with Crippen LogP contribution in [0, 0.1) is 5.41 Å². The third kappa shape index (κ3) is 4.42. The molecule has 0 aliphatic carbocycles. The van der Waals surface area contributed by atoms with Gasteiger partial charge in [-0.15, -0.1) is 11.6 Å². The van der Waals surface area contributed by atoms with Gasteiger partial charge in [-0.1, -0.05) is 15.9 Å². The number of amides is 4. The number of carbonyl (C=O) groups excluding carboxylic acids is 4. The smallest absolute Gasteiger partial charge is 0.262 e. The zero-order chi connectivity index (χ0) is 19.5. The molecule has 1 heterocycles. The molecule has 1 aromatic carbocycles. The number of carbonyl (C=O) groups is 4. The first-order valence-corrected chi connectivity index (χ1v) is 9.27. The monoisotopic (exact) mass is 443 g/mol. The van der Waals surface area contributed by atoms with Gasteiger partial charge in [0.05, 0.1) is 16.5 Å². The van der Waals surface area contributed by atoms with Crippen LogP contribution in [-0.4, -0.2) is 54.0 Å². The van der Waals surface area contributed by atoms with Gasteiger partial charge in [-0.25, -0.2) is 0 Å². The Bertz CT molecular complexity index is 766. The average Bonchev–Trinajstić information content (AvgIpc) is 2.82. The van der Waals surface area contributed by atoms with Gasteiger partial charge in [0.1, 0.15) is 6.54 Å². The molecule has 4 amide bonds. The van der Waals surface area contributed by atoms with E-state index in [9.17, 15) is 19.2 Å². The van der Waals surface area contributed by atoms with E-state index < -0.39 is 23.1 Å². The molecule has 0 atom stereocenters. The fraction of sp³-hybridized carbons (Fsp3) is 0.412. The largest absolute Gasteiger partial charge is 0.354 e. The highest BCUT2D eigenvalue weighted by Crippen LogP contribution is 2.25. The number of rotatable bonds is 7. The van der Waals surface area contributed by atoms with E-state index >= 15 is 0 Å². The van der Waals surface area contributed by atoms with Gasteiger partial charge in [-0.05, 0) is 32.0 Å². The minimum absolute atomic E-state index is 0.178. The molecule has 2 rings (SSSR count). The van der Waals surface area contributed by atoms with Crippen LogP contribution in [0.25, 0.3) is 0 Å². The lowest BCUT2D eigenvalue weighted by Crippen LogP contribution is -2.44. The molecular weight excluding hydrogens is 426 g/mol. The Morgan fingerprint density at radius 1 is 1.12 bits per heavy atom. The Kier molecular flexibility index (Phi) is 6.41. The van der Waals surface area contributed by atoms with Crippen LogP contribution >= 0.6 is 27.5 Å². The molecule has 0 unspecified atom stereocenters. The van der Waals surface area contributed by atoms with E-state index in [4.69, 9.17) is 11.6 Å². The molecule has 7 nitrogen and oxygen atoms in total. The molecule has 1 aliphatic rings. The molecule has 0 radical (unpaired) electrons. The van der Waals surface area contributed by atoms with E-state index in [-0.39, 0.29) is 42.5 Å². The number of hydrogen-bond donors (Lipinski definition) is 2. The van der Waals surface area contributed by atoms with E-state index in [1.165, 1.54) is 0 Å². The summed E-state index contributed by atoms with van der Waals surface area (Å²) >= 11 is 8.97. The number of benzene rings is 1. The maximum atomic E-state index is 12.3. The predicted octanol–water partition coefficient (Wildman–Crippen LogP) is 1.54. The fourth-order valence-corrected chi connectivity index (χ4v) is 2.77. The first-order valence-electron chi connectivity index (χ1n) is 7.94. The molecule has 0 fully saturated rings. The van der Waals surface area contributed by atoms with Crippen molar-refractivity contribution >= 4 is 51.2 Å². The summed E-state index contributed by atoms with van der Waals surface area (Å²) < 4.78 is 0.680. The lowest BCUT2D eigenvalue weighted by molar-refractivity contribution is -0.128. The Balaban J connectivity index is 1.83. The second kappa shape index (κ2) is 8.18. The highest BCUT2D eigenvalue weighted by Gasteiger charge is 2.36. The molecule has 0 spiro atoms. The quantitative estimate of drug-likeness (QED) is 0.379. The van der Waals surface area contributed by atoms with Crippen molar-refractivity contribution in [3.8, 4) is 0 Å². The minimum Gasteiger partial charge on any atom is -0.354 e. The van der Waals surface area contributed by atoms with Gasteiger partial charge in [0.25, 0.3) is 11.8 Å². The number of fused-ring (bicyclic) bond motifs is 1. The second-order valence-corrected chi connectivity index (χ2v) is 7.69. The fourth-order valence-electron chi connectivity index (χ4n) is 2.28. The topological polar surface area (TPSA) is 95.6 Å². The van der Waals surface area contributed by atoms with Crippen LogP contribution in [-0.2, 0) is 9.59 Å². The van der Waals surface area contributed by atoms with Crippen LogP contribution in [0.1, 0.15) is 34.6 Å². The lowest BCUT2D eigenvalue weighted by Gasteiger charge is -2.20. The normalized spacial score (nSPS) is 13.6. The number of hydrogen-bond acceptors (Lipinski definition) is 4. The van der Waals surface area contributed by atoms with Crippen molar-refractivity contribution < 1.29 is 19.2 Å². The van der Waals surface area contributed by atoms with Gasteiger partial charge in [-0.3, -0.25) is 24.1 Å². The Labute approximate surface area is 164 Å². The third-order valence-electron chi connectivity index (χ3n) is 3.92. The van der Waals surface area contributed by atoms with E-state index in [2.05, 4.69) is 26.6 Å². The zero-order valence-electron chi connectivity index (χ0n) is 14.4. The third-order valence-corrected chi connectivity index (χ3v) is 5.08. The van der Waals surface area contributed by atoms with Crippen molar-refractivity contribution in [1.82, 2.24) is 15.5 Å². The predicted molar refractivity (Wildman–Crippen MR) is 100 cm³/mol. The summed E-state index contributed by atoms with van der Waals surface area (Å²) in [5, 5.41) is 5.24. The Morgan fingerprint density at radius 2 is 1.73 bits per heavy atom. The highest BCUT2D eigenvalue weighted by molar-refractivity contribution is 9.10. The second-order valence-electron chi connectivity index (χ2n) is 6.51. The minimum atomic E-state index is -0.694. The number of nitrogens with zero attached hydrogens (tertiary/aromatic N) is 1. The number of alkyl halides is 1. The Morgan fingerprint density at radius 3 is 2.38 bits per heavy atom. The summed E-state index contributed by atoms with van der Waals surface area (Å²) in [4.78, 5) is 49.3. The van der Waals surface area contributed by atoms with E-state index in [1.54, 1.807) is 32.0 Å². The van der Waals surface area contributed by atoms with Crippen LogP contribution < -0.4 is 10.6 Å². The SMILES string of the molecule is CC(C)(CCl)C(=O)NCCNC(=O)CN1C(=O)c2ccc(Br)cc2C1=O. The number of nitrogens with one attached hydrogen (secondary N) is 2. The first-order chi connectivity index (χ1) is 12.2. The molecule has 0 aromatic heterocycles.